The number of ether oxygens (including phenoxy) is 2. The lowest BCUT2D eigenvalue weighted by molar-refractivity contribution is -0.132. The predicted molar refractivity (Wildman–Crippen MR) is 195 cm³/mol. The molecular weight excluding hydrogens is 664 g/mol. The summed E-state index contributed by atoms with van der Waals surface area (Å²) < 4.78 is 11.1. The molecule has 1 aliphatic carbocycles. The minimum absolute atomic E-state index is 0.0792. The van der Waals surface area contributed by atoms with Crippen LogP contribution in [0, 0.1) is 5.92 Å². The fourth-order valence-electron chi connectivity index (χ4n) is 6.86. The quantitative estimate of drug-likeness (QED) is 0.169. The van der Waals surface area contributed by atoms with E-state index >= 15 is 0 Å². The third-order valence-electron chi connectivity index (χ3n) is 9.40. The Bertz CT molecular complexity index is 1630. The molecule has 5 rings (SSSR count). The number of rotatable bonds is 14. The molecule has 5 atom stereocenters. The Balaban J connectivity index is 1.29. The van der Waals surface area contributed by atoms with Crippen molar-refractivity contribution in [3.05, 3.63) is 101 Å². The van der Waals surface area contributed by atoms with Crippen LogP contribution in [0.15, 0.2) is 78.9 Å². The predicted octanol–water partition coefficient (Wildman–Crippen LogP) is 2.98. The summed E-state index contributed by atoms with van der Waals surface area (Å²) in [6, 6.07) is 22.9. The second-order valence-electron chi connectivity index (χ2n) is 14.7. The highest BCUT2D eigenvalue weighted by Crippen LogP contribution is 2.32. The van der Waals surface area contributed by atoms with Crippen LogP contribution in [0.4, 0.5) is 4.79 Å². The number of aliphatic hydroxyl groups excluding tert-OH is 3. The molecule has 1 heterocycles. The summed E-state index contributed by atoms with van der Waals surface area (Å²) in [7, 11) is 0. The van der Waals surface area contributed by atoms with Crippen molar-refractivity contribution in [2.75, 3.05) is 39.4 Å². The second-order valence-corrected chi connectivity index (χ2v) is 14.7. The molecule has 0 aromatic heterocycles. The summed E-state index contributed by atoms with van der Waals surface area (Å²) in [5.74, 6) is -0.650. The van der Waals surface area contributed by atoms with E-state index in [1.807, 2.05) is 92.4 Å². The van der Waals surface area contributed by atoms with Crippen molar-refractivity contribution in [2.45, 2.75) is 76.5 Å². The number of nitrogens with zero attached hydrogens (tertiary/aromatic N) is 2. The molecule has 1 saturated heterocycles. The van der Waals surface area contributed by atoms with Gasteiger partial charge in [0, 0.05) is 44.1 Å². The molecule has 0 spiro atoms. The molecule has 0 bridgehead atoms. The standard InChI is InChI=1S/C40H52N4O8/c1-40(2,3)42-38(49)34-25-44(39(50)52-26-28-9-5-4-6-10-28)18-17-43(34)24-31(46)22-30(21-27-13-15-32(16-14-27)51-20-19-45)37(48)41-36-33-12-8-7-11-29(33)23-35(36)47/h4-16,30-31,34-36,45-47H,17-26H2,1-3H3,(H,41,48)(H,42,49)/t30-,31-,34-,35+,36-/m0/s1. The minimum Gasteiger partial charge on any atom is -0.491 e. The molecule has 2 aliphatic rings. The van der Waals surface area contributed by atoms with Gasteiger partial charge in [-0.15, -0.1) is 0 Å². The maximum atomic E-state index is 14.0. The Morgan fingerprint density at radius 1 is 0.942 bits per heavy atom. The zero-order valence-corrected chi connectivity index (χ0v) is 30.2. The largest absolute Gasteiger partial charge is 0.491 e. The summed E-state index contributed by atoms with van der Waals surface area (Å²) in [4.78, 5) is 44.1. The van der Waals surface area contributed by atoms with E-state index in [9.17, 15) is 24.6 Å². The van der Waals surface area contributed by atoms with Gasteiger partial charge in [0.2, 0.25) is 11.8 Å². The van der Waals surface area contributed by atoms with Crippen molar-refractivity contribution < 1.29 is 39.2 Å². The van der Waals surface area contributed by atoms with E-state index in [0.29, 0.717) is 31.7 Å². The van der Waals surface area contributed by atoms with Crippen molar-refractivity contribution in [2.24, 2.45) is 5.92 Å². The normalized spacial score (nSPS) is 20.0. The molecule has 3 aromatic carbocycles. The van der Waals surface area contributed by atoms with Crippen molar-refractivity contribution in [3.63, 3.8) is 0 Å². The highest BCUT2D eigenvalue weighted by molar-refractivity contribution is 5.83. The SMILES string of the molecule is CC(C)(C)NC(=O)[C@@H]1CN(C(=O)OCc2ccccc2)CCN1C[C@@H](O)C[C@H](Cc1ccc(OCCO)cc1)C(=O)N[C@H]1c2ccccc2C[C@H]1O. The van der Waals surface area contributed by atoms with Gasteiger partial charge >= 0.3 is 6.09 Å². The Morgan fingerprint density at radius 2 is 1.65 bits per heavy atom. The molecule has 3 amide bonds. The van der Waals surface area contributed by atoms with Gasteiger partial charge in [-0.25, -0.2) is 4.79 Å². The molecule has 12 heteroatoms. The van der Waals surface area contributed by atoms with E-state index < -0.39 is 41.8 Å². The minimum atomic E-state index is -0.995. The molecule has 280 valence electrons. The molecule has 0 radical (unpaired) electrons. The topological polar surface area (TPSA) is 161 Å². The van der Waals surface area contributed by atoms with Crippen LogP contribution in [0.25, 0.3) is 0 Å². The summed E-state index contributed by atoms with van der Waals surface area (Å²) in [6.07, 6.45) is -1.45. The first kappa shape index (κ1) is 38.7. The zero-order valence-electron chi connectivity index (χ0n) is 30.2. The van der Waals surface area contributed by atoms with E-state index in [-0.39, 0.29) is 51.1 Å². The number of carbonyl (C=O) groups excluding carboxylic acids is 3. The highest BCUT2D eigenvalue weighted by Gasteiger charge is 2.38. The fraction of sp³-hybridized carbons (Fsp3) is 0.475. The second kappa shape index (κ2) is 17.8. The first-order chi connectivity index (χ1) is 24.9. The first-order valence-electron chi connectivity index (χ1n) is 18.0. The van der Waals surface area contributed by atoms with Gasteiger partial charge in [0.15, 0.2) is 0 Å². The van der Waals surface area contributed by atoms with E-state index in [1.54, 1.807) is 12.1 Å². The number of nitrogens with one attached hydrogen (secondary N) is 2. The monoisotopic (exact) mass is 716 g/mol. The van der Waals surface area contributed by atoms with Gasteiger partial charge < -0.3 is 40.3 Å². The lowest BCUT2D eigenvalue weighted by Crippen LogP contribution is -2.62. The number of aliphatic hydroxyl groups is 3. The van der Waals surface area contributed by atoms with E-state index in [1.165, 1.54) is 4.90 Å². The Kier molecular flexibility index (Phi) is 13.3. The van der Waals surface area contributed by atoms with Gasteiger partial charge in [-0.2, -0.15) is 0 Å². The molecule has 1 aliphatic heterocycles. The average Bonchev–Trinajstić information content (AvgIpc) is 3.43. The lowest BCUT2D eigenvalue weighted by Gasteiger charge is -2.41. The van der Waals surface area contributed by atoms with Crippen LogP contribution >= 0.6 is 0 Å². The van der Waals surface area contributed by atoms with Crippen LogP contribution in [-0.4, -0.2) is 106 Å². The van der Waals surface area contributed by atoms with Crippen LogP contribution < -0.4 is 15.4 Å². The van der Waals surface area contributed by atoms with Crippen molar-refractivity contribution in [3.8, 4) is 5.75 Å². The van der Waals surface area contributed by atoms with Crippen molar-refractivity contribution >= 4 is 17.9 Å². The average molecular weight is 717 g/mol. The highest BCUT2D eigenvalue weighted by atomic mass is 16.6. The number of amides is 3. The molecular formula is C40H52N4O8. The van der Waals surface area contributed by atoms with Crippen LogP contribution in [0.5, 0.6) is 5.75 Å². The van der Waals surface area contributed by atoms with Gasteiger partial charge in [0.1, 0.15) is 25.0 Å². The zero-order chi connectivity index (χ0) is 37.3. The van der Waals surface area contributed by atoms with Crippen molar-refractivity contribution in [1.82, 2.24) is 20.4 Å². The number of fused-ring (bicyclic) bond motifs is 1. The van der Waals surface area contributed by atoms with Gasteiger partial charge in [-0.1, -0.05) is 66.7 Å². The molecule has 12 nitrogen and oxygen atoms in total. The first-order valence-corrected chi connectivity index (χ1v) is 18.0. The van der Waals surface area contributed by atoms with E-state index in [2.05, 4.69) is 10.6 Å². The maximum absolute atomic E-state index is 14.0. The molecule has 52 heavy (non-hydrogen) atoms. The summed E-state index contributed by atoms with van der Waals surface area (Å²) >= 11 is 0. The molecule has 0 unspecified atom stereocenters. The number of hydrogen-bond donors (Lipinski definition) is 5. The third kappa shape index (κ3) is 10.8. The van der Waals surface area contributed by atoms with Crippen LogP contribution in [-0.2, 0) is 33.8 Å². The van der Waals surface area contributed by atoms with Crippen LogP contribution in [0.3, 0.4) is 0 Å². The summed E-state index contributed by atoms with van der Waals surface area (Å²) in [6.45, 7) is 6.61. The van der Waals surface area contributed by atoms with Gasteiger partial charge in [0.25, 0.3) is 0 Å². The third-order valence-corrected chi connectivity index (χ3v) is 9.40. The summed E-state index contributed by atoms with van der Waals surface area (Å²) in [5, 5.41) is 37.6. The molecule has 3 aromatic rings. The van der Waals surface area contributed by atoms with Crippen LogP contribution in [0.1, 0.15) is 55.5 Å². The maximum Gasteiger partial charge on any atom is 0.410 e. The Hall–Kier alpha value is -4.49. The summed E-state index contributed by atoms with van der Waals surface area (Å²) in [5.41, 5.74) is 3.04. The smallest absolute Gasteiger partial charge is 0.410 e. The number of carbonyl (C=O) groups is 3. The van der Waals surface area contributed by atoms with Crippen molar-refractivity contribution in [1.29, 1.82) is 0 Å². The number of benzene rings is 3. The molecule has 0 saturated carbocycles. The fourth-order valence-corrected chi connectivity index (χ4v) is 6.86. The van der Waals surface area contributed by atoms with E-state index in [4.69, 9.17) is 14.6 Å². The number of hydrogen-bond acceptors (Lipinski definition) is 9. The van der Waals surface area contributed by atoms with Gasteiger partial charge in [0.05, 0.1) is 24.9 Å². The Morgan fingerprint density at radius 3 is 2.37 bits per heavy atom. The Labute approximate surface area is 305 Å². The van der Waals surface area contributed by atoms with Gasteiger partial charge in [-0.3, -0.25) is 14.5 Å². The van der Waals surface area contributed by atoms with Crippen LogP contribution in [0.2, 0.25) is 0 Å². The number of β-amino-alcohol motifs (C(OH)–C–C–N with tert-alkyl or cyclic N) is 1. The molecule has 1 fully saturated rings. The number of piperazine rings is 1. The van der Waals surface area contributed by atoms with E-state index in [0.717, 1.165) is 22.3 Å². The molecule has 5 N–H and O–H groups in total. The van der Waals surface area contributed by atoms with Gasteiger partial charge in [-0.05, 0) is 68.0 Å². The lowest BCUT2D eigenvalue weighted by atomic mass is 9.91.